The molecule has 0 bridgehead atoms. The summed E-state index contributed by atoms with van der Waals surface area (Å²) in [5, 5.41) is 5.12. The lowest BCUT2D eigenvalue weighted by atomic mass is 10.3. The average molecular weight is 236 g/mol. The predicted octanol–water partition coefficient (Wildman–Crippen LogP) is 2.80. The summed E-state index contributed by atoms with van der Waals surface area (Å²) in [5.74, 6) is 0. The second-order valence-corrected chi connectivity index (χ2v) is 4.18. The van der Waals surface area contributed by atoms with Crippen LogP contribution in [-0.4, -0.2) is 9.78 Å². The molecule has 0 fully saturated rings. The van der Waals surface area contributed by atoms with E-state index in [1.807, 2.05) is 36.8 Å². The fraction of sp³-hybridized carbons (Fsp3) is 0.250. The minimum absolute atomic E-state index is 0.722. The smallest absolute Gasteiger partial charge is 0.0848 e. The highest BCUT2D eigenvalue weighted by Crippen LogP contribution is 2.23. The molecule has 16 heavy (non-hydrogen) atoms. The number of hydrogen-bond acceptors (Lipinski definition) is 2. The number of aryl methyl sites for hydroxylation is 1. The Balaban J connectivity index is 2.43. The van der Waals surface area contributed by atoms with Gasteiger partial charge >= 0.3 is 0 Å². The molecule has 0 atom stereocenters. The number of halogens is 1. The van der Waals surface area contributed by atoms with Crippen molar-refractivity contribution in [3.8, 4) is 0 Å². The fourth-order valence-corrected chi connectivity index (χ4v) is 1.78. The molecule has 2 rings (SSSR count). The second kappa shape index (κ2) is 4.18. The third-order valence-corrected chi connectivity index (χ3v) is 3.12. The van der Waals surface area contributed by atoms with Crippen molar-refractivity contribution < 1.29 is 0 Å². The quantitative estimate of drug-likeness (QED) is 0.814. The Morgan fingerprint density at radius 1 is 1.31 bits per heavy atom. The summed E-state index contributed by atoms with van der Waals surface area (Å²) in [6.45, 7) is 3.86. The van der Waals surface area contributed by atoms with Crippen molar-refractivity contribution in [1.29, 1.82) is 0 Å². The number of allylic oxidation sites excluding steroid dienone is 5. The summed E-state index contributed by atoms with van der Waals surface area (Å²) >= 11 is 6.11. The lowest BCUT2D eigenvalue weighted by Crippen LogP contribution is -1.99. The molecule has 1 aromatic heterocycles. The van der Waals surface area contributed by atoms with Crippen molar-refractivity contribution in [1.82, 2.24) is 9.78 Å². The highest BCUT2D eigenvalue weighted by molar-refractivity contribution is 6.31. The van der Waals surface area contributed by atoms with Gasteiger partial charge in [0, 0.05) is 5.70 Å². The van der Waals surface area contributed by atoms with Gasteiger partial charge in [0.2, 0.25) is 0 Å². The second-order valence-electron chi connectivity index (χ2n) is 3.80. The zero-order valence-electron chi connectivity index (χ0n) is 9.37. The summed E-state index contributed by atoms with van der Waals surface area (Å²) in [5.41, 5.74) is 9.31. The van der Waals surface area contributed by atoms with E-state index in [4.69, 9.17) is 17.3 Å². The monoisotopic (exact) mass is 235 g/mol. The molecule has 2 N–H and O–H groups in total. The van der Waals surface area contributed by atoms with Gasteiger partial charge in [0.1, 0.15) is 0 Å². The van der Waals surface area contributed by atoms with Crippen LogP contribution in [0, 0.1) is 13.8 Å². The van der Waals surface area contributed by atoms with E-state index < -0.39 is 0 Å². The van der Waals surface area contributed by atoms with E-state index in [2.05, 4.69) is 11.2 Å². The molecule has 0 aromatic carbocycles. The SMILES string of the molecule is Cc1nn(C2=CCC=C(N)C=C2)c(C)c1Cl. The van der Waals surface area contributed by atoms with Gasteiger partial charge in [0.15, 0.2) is 0 Å². The summed E-state index contributed by atoms with van der Waals surface area (Å²) in [7, 11) is 0. The largest absolute Gasteiger partial charge is 0.399 e. The van der Waals surface area contributed by atoms with E-state index in [0.717, 1.165) is 34.2 Å². The Hall–Kier alpha value is -1.48. The van der Waals surface area contributed by atoms with Crippen molar-refractivity contribution in [2.24, 2.45) is 5.73 Å². The van der Waals surface area contributed by atoms with Gasteiger partial charge in [-0.15, -0.1) is 0 Å². The zero-order chi connectivity index (χ0) is 11.7. The fourth-order valence-electron chi connectivity index (χ4n) is 1.67. The molecule has 4 heteroatoms. The van der Waals surface area contributed by atoms with Gasteiger partial charge in [0.05, 0.1) is 22.1 Å². The van der Waals surface area contributed by atoms with Gasteiger partial charge in [-0.2, -0.15) is 5.10 Å². The molecule has 0 unspecified atom stereocenters. The molecular formula is C12H14ClN3. The summed E-state index contributed by atoms with van der Waals surface area (Å²) in [4.78, 5) is 0. The van der Waals surface area contributed by atoms with Crippen molar-refractivity contribution in [3.63, 3.8) is 0 Å². The Kier molecular flexibility index (Phi) is 2.88. The summed E-state index contributed by atoms with van der Waals surface area (Å²) in [6.07, 6.45) is 8.69. The number of nitrogens with zero attached hydrogens (tertiary/aromatic N) is 2. The van der Waals surface area contributed by atoms with E-state index in [1.54, 1.807) is 0 Å². The van der Waals surface area contributed by atoms with Gasteiger partial charge in [-0.1, -0.05) is 23.8 Å². The highest BCUT2D eigenvalue weighted by atomic mass is 35.5. The lowest BCUT2D eigenvalue weighted by Gasteiger charge is -2.04. The first-order valence-corrected chi connectivity index (χ1v) is 5.53. The van der Waals surface area contributed by atoms with Crippen LogP contribution in [0.2, 0.25) is 5.02 Å². The van der Waals surface area contributed by atoms with Gasteiger partial charge in [0.25, 0.3) is 0 Å². The maximum atomic E-state index is 6.11. The first-order chi connectivity index (χ1) is 7.59. The van der Waals surface area contributed by atoms with Crippen LogP contribution < -0.4 is 5.73 Å². The number of rotatable bonds is 1. The maximum absolute atomic E-state index is 6.11. The molecule has 1 heterocycles. The third-order valence-electron chi connectivity index (χ3n) is 2.57. The van der Waals surface area contributed by atoms with E-state index in [0.29, 0.717) is 0 Å². The minimum atomic E-state index is 0.722. The highest BCUT2D eigenvalue weighted by Gasteiger charge is 2.11. The Bertz CT molecular complexity index is 507. The normalized spacial score (nSPS) is 15.7. The molecule has 0 saturated heterocycles. The first-order valence-electron chi connectivity index (χ1n) is 5.15. The lowest BCUT2D eigenvalue weighted by molar-refractivity contribution is 0.857. The van der Waals surface area contributed by atoms with E-state index >= 15 is 0 Å². The Labute approximate surface area is 99.9 Å². The Morgan fingerprint density at radius 3 is 2.69 bits per heavy atom. The molecule has 0 radical (unpaired) electrons. The third kappa shape index (κ3) is 1.91. The van der Waals surface area contributed by atoms with Crippen LogP contribution in [0.3, 0.4) is 0 Å². The van der Waals surface area contributed by atoms with Crippen molar-refractivity contribution in [3.05, 3.63) is 46.4 Å². The van der Waals surface area contributed by atoms with E-state index in [9.17, 15) is 0 Å². The molecule has 0 saturated carbocycles. The molecule has 1 aliphatic rings. The topological polar surface area (TPSA) is 43.8 Å². The molecule has 1 aromatic rings. The van der Waals surface area contributed by atoms with Crippen molar-refractivity contribution in [2.75, 3.05) is 0 Å². The molecule has 0 amide bonds. The minimum Gasteiger partial charge on any atom is -0.399 e. The van der Waals surface area contributed by atoms with Gasteiger partial charge in [-0.25, -0.2) is 4.68 Å². The number of nitrogens with two attached hydrogens (primary N) is 1. The van der Waals surface area contributed by atoms with Crippen LogP contribution in [0.1, 0.15) is 17.8 Å². The standard InChI is InChI=1S/C12H14ClN3/c1-8-12(13)9(2)16(15-8)11-5-3-4-10(14)6-7-11/h4-7H,3,14H2,1-2H3. The molecular weight excluding hydrogens is 222 g/mol. The average Bonchev–Trinajstić information content (AvgIpc) is 2.47. The van der Waals surface area contributed by atoms with Gasteiger partial charge in [-0.05, 0) is 32.4 Å². The summed E-state index contributed by atoms with van der Waals surface area (Å²) < 4.78 is 1.85. The Morgan fingerprint density at radius 2 is 2.06 bits per heavy atom. The molecule has 84 valence electrons. The van der Waals surface area contributed by atoms with Crippen LogP contribution >= 0.6 is 11.6 Å². The molecule has 0 spiro atoms. The van der Waals surface area contributed by atoms with Crippen LogP contribution in [0.25, 0.3) is 5.70 Å². The first kappa shape index (κ1) is 11.0. The maximum Gasteiger partial charge on any atom is 0.0848 e. The zero-order valence-corrected chi connectivity index (χ0v) is 10.1. The molecule has 3 nitrogen and oxygen atoms in total. The molecule has 0 aliphatic heterocycles. The van der Waals surface area contributed by atoms with E-state index in [1.165, 1.54) is 0 Å². The van der Waals surface area contributed by atoms with Crippen LogP contribution in [-0.2, 0) is 0 Å². The summed E-state index contributed by atoms with van der Waals surface area (Å²) in [6, 6.07) is 0. The number of hydrogen-bond donors (Lipinski definition) is 1. The predicted molar refractivity (Wildman–Crippen MR) is 67.0 cm³/mol. The van der Waals surface area contributed by atoms with Crippen molar-refractivity contribution in [2.45, 2.75) is 20.3 Å². The number of aromatic nitrogens is 2. The van der Waals surface area contributed by atoms with Gasteiger partial charge < -0.3 is 5.73 Å². The van der Waals surface area contributed by atoms with Gasteiger partial charge in [-0.3, -0.25) is 0 Å². The van der Waals surface area contributed by atoms with E-state index in [-0.39, 0.29) is 0 Å². The van der Waals surface area contributed by atoms with Crippen LogP contribution in [0.15, 0.2) is 30.0 Å². The van der Waals surface area contributed by atoms with Crippen LogP contribution in [0.4, 0.5) is 0 Å². The van der Waals surface area contributed by atoms with Crippen LogP contribution in [0.5, 0.6) is 0 Å². The van der Waals surface area contributed by atoms with Crippen molar-refractivity contribution >= 4 is 17.3 Å². The molecule has 1 aliphatic carbocycles.